The molecule has 0 unspecified atom stereocenters. The Morgan fingerprint density at radius 3 is 2.33 bits per heavy atom. The number of benzene rings is 2. The van der Waals surface area contributed by atoms with E-state index < -0.39 is 0 Å². The average molecular weight is 506 g/mol. The molecule has 2 amide bonds. The van der Waals surface area contributed by atoms with E-state index in [1.54, 1.807) is 30.3 Å². The van der Waals surface area contributed by atoms with Crippen molar-refractivity contribution in [1.82, 2.24) is 20.1 Å². The third-order valence-corrected chi connectivity index (χ3v) is 6.21. The lowest BCUT2D eigenvalue weighted by Gasteiger charge is -2.22. The summed E-state index contributed by atoms with van der Waals surface area (Å²) in [4.78, 5) is 25.2. The van der Waals surface area contributed by atoms with Gasteiger partial charge in [-0.1, -0.05) is 67.0 Å². The van der Waals surface area contributed by atoms with Crippen LogP contribution in [0.4, 0.5) is 5.69 Å². The van der Waals surface area contributed by atoms with Gasteiger partial charge < -0.3 is 15.2 Å². The van der Waals surface area contributed by atoms with Crippen LogP contribution in [0.3, 0.4) is 0 Å². The van der Waals surface area contributed by atoms with Gasteiger partial charge >= 0.3 is 0 Å². The molecule has 0 fully saturated rings. The molecule has 1 aromatic heterocycles. The van der Waals surface area contributed by atoms with Crippen LogP contribution >= 0.6 is 35.0 Å². The first-order chi connectivity index (χ1) is 15.8. The van der Waals surface area contributed by atoms with Crippen LogP contribution in [-0.4, -0.2) is 32.3 Å². The predicted molar refractivity (Wildman–Crippen MR) is 133 cm³/mol. The molecule has 0 aliphatic heterocycles. The third-order valence-electron chi connectivity index (χ3n) is 4.81. The Morgan fingerprint density at radius 2 is 1.73 bits per heavy atom. The van der Waals surface area contributed by atoms with Crippen molar-refractivity contribution >= 4 is 52.5 Å². The van der Waals surface area contributed by atoms with E-state index in [0.717, 1.165) is 0 Å². The Bertz CT molecular complexity index is 1100. The number of halogens is 2. The number of thioether (sulfide) groups is 1. The minimum Gasteiger partial charge on any atom is -0.342 e. The maximum absolute atomic E-state index is 12.7. The lowest BCUT2D eigenvalue weighted by Crippen LogP contribution is -2.33. The fourth-order valence-electron chi connectivity index (χ4n) is 3.23. The molecule has 2 N–H and O–H groups in total. The number of carbonyl (C=O) groups excluding carboxylic acids is 2. The number of carbonyl (C=O) groups is 2. The minimum absolute atomic E-state index is 0.0842. The van der Waals surface area contributed by atoms with E-state index in [4.69, 9.17) is 23.2 Å². The highest BCUT2D eigenvalue weighted by molar-refractivity contribution is 7.99. The summed E-state index contributed by atoms with van der Waals surface area (Å²) >= 11 is 13.2. The molecule has 0 aliphatic rings. The first kappa shape index (κ1) is 25.1. The van der Waals surface area contributed by atoms with Gasteiger partial charge in [0.05, 0.1) is 11.8 Å². The zero-order valence-corrected chi connectivity index (χ0v) is 20.8. The van der Waals surface area contributed by atoms with Crippen LogP contribution in [0.1, 0.15) is 43.0 Å². The summed E-state index contributed by atoms with van der Waals surface area (Å²) in [5.41, 5.74) is 1.11. The van der Waals surface area contributed by atoms with E-state index in [1.807, 2.05) is 43.5 Å². The first-order valence-electron chi connectivity index (χ1n) is 10.5. The topological polar surface area (TPSA) is 88.9 Å². The lowest BCUT2D eigenvalue weighted by molar-refractivity contribution is -0.113. The van der Waals surface area contributed by atoms with Crippen LogP contribution in [0.15, 0.2) is 53.7 Å². The molecule has 33 heavy (non-hydrogen) atoms. The molecule has 1 atom stereocenters. The summed E-state index contributed by atoms with van der Waals surface area (Å²) < 4.78 is 1.92. The first-order valence-corrected chi connectivity index (χ1v) is 12.2. The summed E-state index contributed by atoms with van der Waals surface area (Å²) in [7, 11) is 0. The molecule has 2 aromatic carbocycles. The Morgan fingerprint density at radius 1 is 1.06 bits per heavy atom. The normalized spacial score (nSPS) is 11.9. The molecule has 0 bridgehead atoms. The Balaban J connectivity index is 1.70. The van der Waals surface area contributed by atoms with Gasteiger partial charge in [-0.15, -0.1) is 10.2 Å². The number of hydrogen-bond donors (Lipinski definition) is 2. The minimum atomic E-state index is -0.332. The molecule has 0 radical (unpaired) electrons. The Hall–Kier alpha value is -2.55. The summed E-state index contributed by atoms with van der Waals surface area (Å²) in [5.74, 6) is 0.476. The zero-order valence-electron chi connectivity index (χ0n) is 18.5. The zero-order chi connectivity index (χ0) is 24.0. The summed E-state index contributed by atoms with van der Waals surface area (Å²) in [5, 5.41) is 16.0. The van der Waals surface area contributed by atoms with Gasteiger partial charge in [-0.25, -0.2) is 0 Å². The van der Waals surface area contributed by atoms with Crippen LogP contribution in [0, 0.1) is 5.92 Å². The number of aromatic nitrogens is 3. The Kier molecular flexibility index (Phi) is 8.77. The highest BCUT2D eigenvalue weighted by Crippen LogP contribution is 2.26. The van der Waals surface area contributed by atoms with Crippen molar-refractivity contribution in [3.63, 3.8) is 0 Å². The molecule has 0 aliphatic carbocycles. The van der Waals surface area contributed by atoms with Gasteiger partial charge in [-0.3, -0.25) is 9.59 Å². The van der Waals surface area contributed by atoms with Gasteiger partial charge in [0.2, 0.25) is 5.91 Å². The predicted octanol–water partition coefficient (Wildman–Crippen LogP) is 5.46. The van der Waals surface area contributed by atoms with E-state index in [1.165, 1.54) is 11.8 Å². The van der Waals surface area contributed by atoms with E-state index >= 15 is 0 Å². The van der Waals surface area contributed by atoms with Gasteiger partial charge in [-0.2, -0.15) is 0 Å². The molecular weight excluding hydrogens is 481 g/mol. The number of nitrogens with zero attached hydrogens (tertiary/aromatic N) is 3. The lowest BCUT2D eigenvalue weighted by atomic mass is 10.0. The second-order valence-electron chi connectivity index (χ2n) is 7.64. The van der Waals surface area contributed by atoms with Crippen molar-refractivity contribution in [2.24, 2.45) is 5.92 Å². The van der Waals surface area contributed by atoms with E-state index in [-0.39, 0.29) is 29.5 Å². The van der Waals surface area contributed by atoms with E-state index in [9.17, 15) is 9.59 Å². The molecule has 3 rings (SSSR count). The van der Waals surface area contributed by atoms with Crippen molar-refractivity contribution in [3.05, 3.63) is 70.0 Å². The van der Waals surface area contributed by atoms with Crippen molar-refractivity contribution < 1.29 is 9.59 Å². The second kappa shape index (κ2) is 11.5. The van der Waals surface area contributed by atoms with E-state index in [0.29, 0.717) is 38.8 Å². The highest BCUT2D eigenvalue weighted by atomic mass is 35.5. The molecule has 0 spiro atoms. The van der Waals surface area contributed by atoms with Crippen LogP contribution in [0.2, 0.25) is 10.0 Å². The average Bonchev–Trinajstić information content (AvgIpc) is 3.18. The SMILES string of the molecule is CCn1c(SCC(=O)Nc2cc(Cl)cc(Cl)c2)nnc1[C@H](NC(=O)c1ccccc1)C(C)C. The smallest absolute Gasteiger partial charge is 0.251 e. The molecule has 10 heteroatoms. The maximum Gasteiger partial charge on any atom is 0.251 e. The van der Waals surface area contributed by atoms with E-state index in [2.05, 4.69) is 20.8 Å². The summed E-state index contributed by atoms with van der Waals surface area (Å²) in [6.07, 6.45) is 0. The van der Waals surface area contributed by atoms with Crippen LogP contribution in [-0.2, 0) is 11.3 Å². The van der Waals surface area contributed by atoms with Crippen LogP contribution < -0.4 is 10.6 Å². The third kappa shape index (κ3) is 6.72. The standard InChI is InChI=1S/C23H25Cl2N5O2S/c1-4-30-21(20(14(2)3)27-22(32)15-8-6-5-7-9-15)28-29-23(30)33-13-19(31)26-18-11-16(24)10-17(25)12-18/h5-12,14,20H,4,13H2,1-3H3,(H,26,31)(H,27,32)/t20-/m1/s1. The number of hydrogen-bond acceptors (Lipinski definition) is 5. The number of rotatable bonds is 9. The largest absolute Gasteiger partial charge is 0.342 e. The highest BCUT2D eigenvalue weighted by Gasteiger charge is 2.26. The summed E-state index contributed by atoms with van der Waals surface area (Å²) in [6, 6.07) is 13.6. The molecule has 7 nitrogen and oxygen atoms in total. The molecular formula is C23H25Cl2N5O2S. The monoisotopic (exact) mass is 505 g/mol. The fourth-order valence-corrected chi connectivity index (χ4v) is 4.57. The van der Waals surface area contributed by atoms with Crippen molar-refractivity contribution in [3.8, 4) is 0 Å². The molecule has 0 saturated heterocycles. The van der Waals surface area contributed by atoms with Gasteiger partial charge in [0.1, 0.15) is 0 Å². The van der Waals surface area contributed by atoms with Crippen molar-refractivity contribution in [2.45, 2.75) is 38.5 Å². The number of anilines is 1. The van der Waals surface area contributed by atoms with Gasteiger partial charge in [-0.05, 0) is 43.2 Å². The van der Waals surface area contributed by atoms with Crippen molar-refractivity contribution in [2.75, 3.05) is 11.1 Å². The van der Waals surface area contributed by atoms with Crippen molar-refractivity contribution in [1.29, 1.82) is 0 Å². The summed E-state index contributed by atoms with van der Waals surface area (Å²) in [6.45, 7) is 6.60. The van der Waals surface area contributed by atoms with Gasteiger partial charge in [0, 0.05) is 27.8 Å². The van der Waals surface area contributed by atoms with Crippen LogP contribution in [0.25, 0.3) is 0 Å². The quantitative estimate of drug-likeness (QED) is 0.376. The number of amides is 2. The maximum atomic E-state index is 12.7. The van der Waals surface area contributed by atoms with Crippen LogP contribution in [0.5, 0.6) is 0 Å². The van der Waals surface area contributed by atoms with Gasteiger partial charge in [0.25, 0.3) is 5.91 Å². The number of nitrogens with one attached hydrogen (secondary N) is 2. The molecule has 3 aromatic rings. The van der Waals surface area contributed by atoms with Gasteiger partial charge in [0.15, 0.2) is 11.0 Å². The molecule has 174 valence electrons. The second-order valence-corrected chi connectivity index (χ2v) is 9.46. The Labute approximate surface area is 207 Å². The molecule has 0 saturated carbocycles. The molecule has 1 heterocycles. The fraction of sp³-hybridized carbons (Fsp3) is 0.304.